The van der Waals surface area contributed by atoms with Gasteiger partial charge in [-0.25, -0.2) is 9.61 Å². The number of thiophene rings is 2. The molecule has 0 bridgehead atoms. The maximum Gasteiger partial charge on any atom is 0.163 e. The van der Waals surface area contributed by atoms with Crippen molar-refractivity contribution in [2.75, 3.05) is 0 Å². The van der Waals surface area contributed by atoms with Gasteiger partial charge in [0.25, 0.3) is 0 Å². The minimum absolute atomic E-state index is 0.675. The molecule has 0 fully saturated rings. The highest BCUT2D eigenvalue weighted by molar-refractivity contribution is 7.14. The lowest BCUT2D eigenvalue weighted by Gasteiger charge is -2.10. The van der Waals surface area contributed by atoms with E-state index in [0.717, 1.165) is 37.8 Å². The van der Waals surface area contributed by atoms with E-state index in [2.05, 4.69) is 16.4 Å². The van der Waals surface area contributed by atoms with Gasteiger partial charge in [-0.05, 0) is 45.3 Å². The van der Waals surface area contributed by atoms with Gasteiger partial charge >= 0.3 is 0 Å². The van der Waals surface area contributed by atoms with Gasteiger partial charge in [-0.2, -0.15) is 0 Å². The van der Waals surface area contributed by atoms with Gasteiger partial charge in [0, 0.05) is 21.0 Å². The van der Waals surface area contributed by atoms with E-state index in [1.807, 2.05) is 53.2 Å². The highest BCUT2D eigenvalue weighted by atomic mass is 35.5. The van der Waals surface area contributed by atoms with Crippen LogP contribution in [0.3, 0.4) is 0 Å². The summed E-state index contributed by atoms with van der Waals surface area (Å²) in [6.45, 7) is 0. The molecule has 0 aliphatic heterocycles. The van der Waals surface area contributed by atoms with Crippen LogP contribution in [0.25, 0.3) is 43.3 Å². The minimum atomic E-state index is 0.675. The zero-order chi connectivity index (χ0) is 17.5. The van der Waals surface area contributed by atoms with Gasteiger partial charge in [0.05, 0.1) is 10.6 Å². The Bertz CT molecular complexity index is 1180. The Hall–Kier alpha value is -2.54. The molecular formula is C19H10ClN3OS2. The molecule has 5 rings (SSSR count). The number of benzene rings is 1. The molecule has 26 heavy (non-hydrogen) atoms. The molecule has 0 saturated heterocycles. The molecule has 1 aromatic carbocycles. The molecule has 0 aliphatic rings. The van der Waals surface area contributed by atoms with E-state index in [-0.39, 0.29) is 0 Å². The normalized spacial score (nSPS) is 11.3. The van der Waals surface area contributed by atoms with Crippen molar-refractivity contribution in [1.82, 2.24) is 15.3 Å². The first-order valence-electron chi connectivity index (χ1n) is 7.81. The van der Waals surface area contributed by atoms with E-state index >= 15 is 0 Å². The molecule has 0 atom stereocenters. The van der Waals surface area contributed by atoms with Crippen molar-refractivity contribution < 1.29 is 4.63 Å². The van der Waals surface area contributed by atoms with Gasteiger partial charge in [0.1, 0.15) is 11.2 Å². The van der Waals surface area contributed by atoms with E-state index < -0.39 is 0 Å². The Kier molecular flexibility index (Phi) is 3.81. The topological polar surface area (TPSA) is 51.8 Å². The second-order valence-electron chi connectivity index (χ2n) is 5.61. The van der Waals surface area contributed by atoms with Crippen LogP contribution in [-0.2, 0) is 0 Å². The molecule has 0 saturated carbocycles. The number of pyridine rings is 1. The monoisotopic (exact) mass is 395 g/mol. The number of rotatable bonds is 3. The van der Waals surface area contributed by atoms with Crippen LogP contribution >= 0.6 is 34.3 Å². The molecule has 4 aromatic heterocycles. The Morgan fingerprint density at radius 3 is 2.15 bits per heavy atom. The Labute approximate surface area is 161 Å². The van der Waals surface area contributed by atoms with Crippen molar-refractivity contribution in [3.05, 3.63) is 64.3 Å². The number of hydrogen-bond acceptors (Lipinski definition) is 6. The average Bonchev–Trinajstić information content (AvgIpc) is 3.42. The average molecular weight is 396 g/mol. The summed E-state index contributed by atoms with van der Waals surface area (Å²) < 4.78 is 5.10. The van der Waals surface area contributed by atoms with E-state index in [4.69, 9.17) is 21.2 Å². The molecule has 126 valence electrons. The summed E-state index contributed by atoms with van der Waals surface area (Å²) in [4.78, 5) is 7.08. The molecule has 0 radical (unpaired) electrons. The molecule has 4 nitrogen and oxygen atoms in total. The molecule has 0 N–H and O–H groups in total. The van der Waals surface area contributed by atoms with Crippen molar-refractivity contribution in [3.63, 3.8) is 0 Å². The lowest BCUT2D eigenvalue weighted by molar-refractivity contribution is 0.315. The fraction of sp³-hybridized carbons (Fsp3) is 0. The van der Waals surface area contributed by atoms with Crippen LogP contribution in [0.2, 0.25) is 5.02 Å². The van der Waals surface area contributed by atoms with E-state index in [1.54, 1.807) is 22.7 Å². The summed E-state index contributed by atoms with van der Waals surface area (Å²) in [5.74, 6) is 0. The van der Waals surface area contributed by atoms with Crippen molar-refractivity contribution in [2.45, 2.75) is 0 Å². The molecule has 7 heteroatoms. The van der Waals surface area contributed by atoms with Crippen LogP contribution in [0.4, 0.5) is 0 Å². The van der Waals surface area contributed by atoms with E-state index in [0.29, 0.717) is 10.5 Å². The second kappa shape index (κ2) is 6.32. The summed E-state index contributed by atoms with van der Waals surface area (Å²) in [5, 5.41) is 13.1. The lowest BCUT2D eigenvalue weighted by atomic mass is 10.0. The Morgan fingerprint density at radius 2 is 1.46 bits per heavy atom. The number of hydrogen-bond donors (Lipinski definition) is 0. The summed E-state index contributed by atoms with van der Waals surface area (Å²) in [6.07, 6.45) is 0. The van der Waals surface area contributed by atoms with Crippen LogP contribution in [0.15, 0.2) is 63.9 Å². The van der Waals surface area contributed by atoms with Gasteiger partial charge in [-0.1, -0.05) is 35.9 Å². The third-order valence-corrected chi connectivity index (χ3v) is 6.07. The smallest absolute Gasteiger partial charge is 0.163 e. The first kappa shape index (κ1) is 15.7. The van der Waals surface area contributed by atoms with Crippen LogP contribution in [-0.4, -0.2) is 15.3 Å². The van der Waals surface area contributed by atoms with Gasteiger partial charge in [-0.3, -0.25) is 0 Å². The summed E-state index contributed by atoms with van der Waals surface area (Å²) in [7, 11) is 0. The third kappa shape index (κ3) is 2.54. The minimum Gasteiger partial charge on any atom is -0.244 e. The van der Waals surface area contributed by atoms with Crippen molar-refractivity contribution in [3.8, 4) is 32.3 Å². The molecule has 4 heterocycles. The SMILES string of the molecule is Clc1ccc(-c2nc(-c3cccs3)c3nonc3c2-c2cccs2)cc1. The standard InChI is InChI=1S/C19H10ClN3OS2/c20-12-7-5-11(6-8-12)16-15(13-3-1-9-25-13)18-19(23-24-22-18)17(21-16)14-4-2-10-26-14/h1-10H. The van der Waals surface area contributed by atoms with E-state index in [1.165, 1.54) is 0 Å². The van der Waals surface area contributed by atoms with Gasteiger partial charge in [-0.15, -0.1) is 22.7 Å². The van der Waals surface area contributed by atoms with Gasteiger partial charge in [0.2, 0.25) is 0 Å². The molecule has 0 amide bonds. The Morgan fingerprint density at radius 1 is 0.769 bits per heavy atom. The second-order valence-corrected chi connectivity index (χ2v) is 7.94. The van der Waals surface area contributed by atoms with Crippen LogP contribution < -0.4 is 0 Å². The maximum atomic E-state index is 6.07. The third-order valence-electron chi connectivity index (χ3n) is 4.05. The van der Waals surface area contributed by atoms with E-state index in [9.17, 15) is 0 Å². The maximum absolute atomic E-state index is 6.07. The number of nitrogens with zero attached hydrogens (tertiary/aromatic N) is 3. The quantitative estimate of drug-likeness (QED) is 0.355. The summed E-state index contributed by atoms with van der Waals surface area (Å²) >= 11 is 9.32. The lowest BCUT2D eigenvalue weighted by Crippen LogP contribution is -1.94. The molecule has 0 unspecified atom stereocenters. The largest absolute Gasteiger partial charge is 0.244 e. The van der Waals surface area contributed by atoms with Crippen molar-refractivity contribution >= 4 is 45.3 Å². The molecular weight excluding hydrogens is 386 g/mol. The van der Waals surface area contributed by atoms with Crippen molar-refractivity contribution in [1.29, 1.82) is 0 Å². The zero-order valence-corrected chi connectivity index (χ0v) is 15.6. The molecule has 0 aliphatic carbocycles. The summed E-state index contributed by atoms with van der Waals surface area (Å²) in [5.41, 5.74) is 4.92. The van der Waals surface area contributed by atoms with Gasteiger partial charge in [0.15, 0.2) is 5.52 Å². The van der Waals surface area contributed by atoms with Crippen molar-refractivity contribution in [2.24, 2.45) is 0 Å². The van der Waals surface area contributed by atoms with Gasteiger partial charge < -0.3 is 0 Å². The first-order chi connectivity index (χ1) is 12.8. The predicted octanol–water partition coefficient (Wildman–Crippen LogP) is 6.40. The zero-order valence-electron chi connectivity index (χ0n) is 13.2. The highest BCUT2D eigenvalue weighted by Gasteiger charge is 2.22. The number of aromatic nitrogens is 3. The number of fused-ring (bicyclic) bond motifs is 1. The summed E-state index contributed by atoms with van der Waals surface area (Å²) in [6, 6.07) is 15.8. The van der Waals surface area contributed by atoms with Crippen LogP contribution in [0.5, 0.6) is 0 Å². The Balaban J connectivity index is 1.89. The fourth-order valence-corrected chi connectivity index (χ4v) is 4.51. The number of halogens is 1. The highest BCUT2D eigenvalue weighted by Crippen LogP contribution is 2.41. The van der Waals surface area contributed by atoms with Crippen LogP contribution in [0, 0.1) is 0 Å². The molecule has 0 spiro atoms. The predicted molar refractivity (Wildman–Crippen MR) is 107 cm³/mol. The van der Waals surface area contributed by atoms with Crippen LogP contribution in [0.1, 0.15) is 0 Å². The first-order valence-corrected chi connectivity index (χ1v) is 9.95. The fourth-order valence-electron chi connectivity index (χ4n) is 2.90. The molecule has 5 aromatic rings.